The number of nitrogens with zero attached hydrogens (tertiary/aromatic N) is 4. The van der Waals surface area contributed by atoms with Gasteiger partial charge in [0, 0.05) is 4.90 Å². The summed E-state index contributed by atoms with van der Waals surface area (Å²) in [6, 6.07) is 15.7. The Balaban J connectivity index is 1.57. The second kappa shape index (κ2) is 11.6. The van der Waals surface area contributed by atoms with Crippen LogP contribution in [0.25, 0.3) is 0 Å². The lowest BCUT2D eigenvalue weighted by atomic mass is 9.87. The number of aromatic nitrogens is 4. The van der Waals surface area contributed by atoms with Crippen LogP contribution in [-0.2, 0) is 32.9 Å². The SMILES string of the molecule is CC(C)(C)c1ccc(Sc2nnn(CC(=O)C(CC(=O)O)NC(=O)OCc3ccccc3)n2)cc1. The second-order valence-electron chi connectivity index (χ2n) is 8.80. The number of hydrogen-bond acceptors (Lipinski definition) is 8. The molecule has 0 spiro atoms. The van der Waals surface area contributed by atoms with Crippen molar-refractivity contribution in [3.8, 4) is 0 Å². The van der Waals surface area contributed by atoms with E-state index in [0.29, 0.717) is 5.16 Å². The molecular formula is C24H27N5O5S. The molecule has 3 aromatic rings. The minimum atomic E-state index is -1.30. The molecule has 0 aliphatic carbocycles. The number of tetrazole rings is 1. The van der Waals surface area contributed by atoms with Gasteiger partial charge in [0.25, 0.3) is 0 Å². The first-order valence-electron chi connectivity index (χ1n) is 10.9. The molecule has 0 aliphatic heterocycles. The molecule has 184 valence electrons. The number of benzene rings is 2. The topological polar surface area (TPSA) is 136 Å². The van der Waals surface area contributed by atoms with E-state index < -0.39 is 30.3 Å². The molecule has 0 radical (unpaired) electrons. The third-order valence-electron chi connectivity index (χ3n) is 4.93. The van der Waals surface area contributed by atoms with Gasteiger partial charge < -0.3 is 15.2 Å². The zero-order valence-electron chi connectivity index (χ0n) is 19.7. The van der Waals surface area contributed by atoms with Crippen molar-refractivity contribution in [1.29, 1.82) is 0 Å². The van der Waals surface area contributed by atoms with E-state index in [-0.39, 0.29) is 18.6 Å². The van der Waals surface area contributed by atoms with Crippen LogP contribution >= 0.6 is 11.8 Å². The molecule has 0 fully saturated rings. The van der Waals surface area contributed by atoms with E-state index in [4.69, 9.17) is 9.84 Å². The summed E-state index contributed by atoms with van der Waals surface area (Å²) in [5, 5.41) is 23.8. The van der Waals surface area contributed by atoms with E-state index in [1.807, 2.05) is 30.3 Å². The van der Waals surface area contributed by atoms with Gasteiger partial charge in [0.05, 0.1) is 6.42 Å². The number of ketones is 1. The molecule has 1 amide bonds. The Labute approximate surface area is 207 Å². The fraction of sp³-hybridized carbons (Fsp3) is 0.333. The van der Waals surface area contributed by atoms with Crippen LogP contribution in [0.1, 0.15) is 38.3 Å². The molecule has 1 aromatic heterocycles. The van der Waals surface area contributed by atoms with Crippen molar-refractivity contribution >= 4 is 29.6 Å². The van der Waals surface area contributed by atoms with Gasteiger partial charge in [0.2, 0.25) is 5.16 Å². The first-order chi connectivity index (χ1) is 16.6. The molecule has 0 saturated carbocycles. The number of amides is 1. The van der Waals surface area contributed by atoms with Gasteiger partial charge in [-0.1, -0.05) is 63.2 Å². The lowest BCUT2D eigenvalue weighted by molar-refractivity contribution is -0.139. The number of rotatable bonds is 10. The fourth-order valence-corrected chi connectivity index (χ4v) is 3.74. The predicted molar refractivity (Wildman–Crippen MR) is 128 cm³/mol. The number of hydrogen-bond donors (Lipinski definition) is 2. The van der Waals surface area contributed by atoms with Gasteiger partial charge in [-0.3, -0.25) is 9.59 Å². The van der Waals surface area contributed by atoms with Gasteiger partial charge >= 0.3 is 12.1 Å². The number of ether oxygens (including phenoxy) is 1. The van der Waals surface area contributed by atoms with Gasteiger partial charge in [-0.2, -0.15) is 4.80 Å². The maximum Gasteiger partial charge on any atom is 0.408 e. The number of aliphatic carboxylic acids is 1. The van der Waals surface area contributed by atoms with Crippen molar-refractivity contribution in [3.63, 3.8) is 0 Å². The van der Waals surface area contributed by atoms with Gasteiger partial charge in [-0.25, -0.2) is 4.79 Å². The van der Waals surface area contributed by atoms with Crippen molar-refractivity contribution in [3.05, 3.63) is 65.7 Å². The molecule has 3 rings (SSSR count). The number of nitrogens with one attached hydrogen (secondary N) is 1. The minimum Gasteiger partial charge on any atom is -0.481 e. The molecule has 1 atom stereocenters. The largest absolute Gasteiger partial charge is 0.481 e. The van der Waals surface area contributed by atoms with Crippen molar-refractivity contribution in [2.45, 2.75) is 61.9 Å². The van der Waals surface area contributed by atoms with E-state index in [1.165, 1.54) is 17.3 Å². The van der Waals surface area contributed by atoms with Crippen molar-refractivity contribution in [1.82, 2.24) is 25.5 Å². The molecule has 1 heterocycles. The summed E-state index contributed by atoms with van der Waals surface area (Å²) in [5.74, 6) is -1.83. The van der Waals surface area contributed by atoms with Crippen LogP contribution in [-0.4, -0.2) is 49.2 Å². The molecule has 0 aliphatic rings. The summed E-state index contributed by atoms with van der Waals surface area (Å²) in [4.78, 5) is 38.0. The number of carboxylic acid groups (broad SMARTS) is 1. The van der Waals surface area contributed by atoms with Crippen molar-refractivity contribution in [2.24, 2.45) is 0 Å². The molecular weight excluding hydrogens is 470 g/mol. The summed E-state index contributed by atoms with van der Waals surface area (Å²) in [6.07, 6.45) is -1.50. The average molecular weight is 498 g/mol. The van der Waals surface area contributed by atoms with E-state index in [2.05, 4.69) is 41.5 Å². The Morgan fingerprint density at radius 3 is 2.40 bits per heavy atom. The third kappa shape index (κ3) is 8.21. The molecule has 0 saturated heterocycles. The van der Waals surface area contributed by atoms with Crippen molar-refractivity contribution < 1.29 is 24.2 Å². The highest BCUT2D eigenvalue weighted by Crippen LogP contribution is 2.28. The molecule has 10 nitrogen and oxygen atoms in total. The van der Waals surface area contributed by atoms with Crippen LogP contribution in [0.5, 0.6) is 0 Å². The Bertz CT molecular complexity index is 1160. The summed E-state index contributed by atoms with van der Waals surface area (Å²) in [6.45, 7) is 6.04. The lowest BCUT2D eigenvalue weighted by Crippen LogP contribution is -2.44. The number of carbonyl (C=O) groups excluding carboxylic acids is 2. The van der Waals surface area contributed by atoms with E-state index in [1.54, 1.807) is 24.3 Å². The summed E-state index contributed by atoms with van der Waals surface area (Å²) < 4.78 is 5.09. The van der Waals surface area contributed by atoms with Crippen molar-refractivity contribution in [2.75, 3.05) is 0 Å². The molecule has 11 heteroatoms. The monoisotopic (exact) mass is 497 g/mol. The normalized spacial score (nSPS) is 12.1. The molecule has 1 unspecified atom stereocenters. The van der Waals surface area contributed by atoms with E-state index in [0.717, 1.165) is 15.3 Å². The molecule has 35 heavy (non-hydrogen) atoms. The Hall–Kier alpha value is -3.73. The molecule has 0 bridgehead atoms. The maximum atomic E-state index is 12.7. The summed E-state index contributed by atoms with van der Waals surface area (Å²) in [7, 11) is 0. The maximum absolute atomic E-state index is 12.7. The zero-order chi connectivity index (χ0) is 25.4. The molecule has 2 aromatic carbocycles. The first kappa shape index (κ1) is 25.9. The quantitative estimate of drug-likeness (QED) is 0.431. The van der Waals surface area contributed by atoms with Gasteiger partial charge in [-0.15, -0.1) is 10.2 Å². The Morgan fingerprint density at radius 1 is 1.09 bits per heavy atom. The second-order valence-corrected chi connectivity index (χ2v) is 9.84. The predicted octanol–water partition coefficient (Wildman–Crippen LogP) is 3.46. The van der Waals surface area contributed by atoms with Crippen LogP contribution in [0, 0.1) is 0 Å². The van der Waals surface area contributed by atoms with E-state index in [9.17, 15) is 14.4 Å². The summed E-state index contributed by atoms with van der Waals surface area (Å²) >= 11 is 1.29. The highest BCUT2D eigenvalue weighted by molar-refractivity contribution is 7.99. The average Bonchev–Trinajstić information content (AvgIpc) is 3.24. The van der Waals surface area contributed by atoms with Gasteiger partial charge in [0.15, 0.2) is 5.78 Å². The highest BCUT2D eigenvalue weighted by Gasteiger charge is 2.25. The standard InChI is InChI=1S/C24H27N5O5S/c1-24(2,3)17-9-11-18(12-10-17)35-22-26-28-29(27-22)14-20(30)19(13-21(31)32)25-23(33)34-15-16-7-5-4-6-8-16/h4-12,19H,13-15H2,1-3H3,(H,25,33)(H,31,32). The zero-order valence-corrected chi connectivity index (χ0v) is 20.5. The smallest absolute Gasteiger partial charge is 0.408 e. The lowest BCUT2D eigenvalue weighted by Gasteiger charge is -2.18. The van der Waals surface area contributed by atoms with Crippen LogP contribution in [0.4, 0.5) is 4.79 Å². The third-order valence-corrected chi connectivity index (χ3v) is 5.79. The van der Waals surface area contributed by atoms with Crippen LogP contribution in [0.15, 0.2) is 64.6 Å². The first-order valence-corrected chi connectivity index (χ1v) is 11.7. The van der Waals surface area contributed by atoms with Crippen LogP contribution < -0.4 is 5.32 Å². The Morgan fingerprint density at radius 2 is 1.77 bits per heavy atom. The number of carbonyl (C=O) groups is 3. The number of carboxylic acids is 1. The van der Waals surface area contributed by atoms with Gasteiger partial charge in [0.1, 0.15) is 19.2 Å². The van der Waals surface area contributed by atoms with Crippen LogP contribution in [0.2, 0.25) is 0 Å². The number of Topliss-reactive ketones (excluding diaryl/α,β-unsaturated/α-hetero) is 1. The summed E-state index contributed by atoms with van der Waals surface area (Å²) in [5.41, 5.74) is 2.00. The Kier molecular flexibility index (Phi) is 8.58. The highest BCUT2D eigenvalue weighted by atomic mass is 32.2. The van der Waals surface area contributed by atoms with Gasteiger partial charge in [-0.05, 0) is 45.6 Å². The van der Waals surface area contributed by atoms with Crippen LogP contribution in [0.3, 0.4) is 0 Å². The number of alkyl carbamates (subject to hydrolysis) is 1. The molecule has 2 N–H and O–H groups in total. The fourth-order valence-electron chi connectivity index (χ4n) is 3.04. The van der Waals surface area contributed by atoms with E-state index >= 15 is 0 Å². The minimum absolute atomic E-state index is 0.0113.